The molecule has 1 atom stereocenters. The van der Waals surface area contributed by atoms with Crippen LogP contribution >= 0.6 is 0 Å². The zero-order chi connectivity index (χ0) is 15.7. The molecule has 0 saturated carbocycles. The van der Waals surface area contributed by atoms with Gasteiger partial charge in [-0.3, -0.25) is 4.31 Å². The molecule has 3 rings (SSSR count). The monoisotopic (exact) mass is 313 g/mol. The summed E-state index contributed by atoms with van der Waals surface area (Å²) in [4.78, 5) is 0.343. The summed E-state index contributed by atoms with van der Waals surface area (Å²) in [5, 5.41) is 0. The maximum Gasteiger partial charge on any atom is 0.263 e. The van der Waals surface area contributed by atoms with Crippen molar-refractivity contribution in [3.63, 3.8) is 0 Å². The van der Waals surface area contributed by atoms with Crippen molar-refractivity contribution < 1.29 is 8.42 Å². The Bertz CT molecular complexity index is 793. The fraction of sp³-hybridized carbons (Fsp3) is 0.222. The van der Waals surface area contributed by atoms with Crippen LogP contribution in [0.2, 0.25) is 0 Å². The molecule has 1 aliphatic rings. The second-order valence-corrected chi connectivity index (χ2v) is 7.61. The second kappa shape index (κ2) is 5.61. The molecular weight excluding hydrogens is 294 g/mol. The summed E-state index contributed by atoms with van der Waals surface area (Å²) in [6, 6.07) is 17.0. The molecule has 0 saturated heterocycles. The highest BCUT2D eigenvalue weighted by Gasteiger charge is 2.31. The first-order chi connectivity index (χ1) is 10.5. The lowest BCUT2D eigenvalue weighted by molar-refractivity contribution is 0.506. The van der Waals surface area contributed by atoms with Crippen LogP contribution in [0.1, 0.15) is 24.0 Å². The molecule has 0 aliphatic carbocycles. The predicted molar refractivity (Wildman–Crippen MR) is 88.0 cm³/mol. The third kappa shape index (κ3) is 2.66. The summed E-state index contributed by atoms with van der Waals surface area (Å²) in [7, 11) is -3.47. The molecule has 3 nitrogen and oxygen atoms in total. The molecule has 0 spiro atoms. The van der Waals surface area contributed by atoms with Crippen LogP contribution in [0.15, 0.2) is 71.3 Å². The van der Waals surface area contributed by atoms with Crippen molar-refractivity contribution in [2.75, 3.05) is 6.54 Å². The standard InChI is InChI=1S/C18H19NO2S/c1-14-8-10-17(11-9-14)22(20,21)19-12-15(2)18(13-19)16-6-4-3-5-7-16/h3-12,18H,13H2,1-2H3/t18-/m0/s1. The van der Waals surface area contributed by atoms with Gasteiger partial charge in [-0.25, -0.2) is 8.42 Å². The summed E-state index contributed by atoms with van der Waals surface area (Å²) < 4.78 is 27.0. The topological polar surface area (TPSA) is 37.4 Å². The lowest BCUT2D eigenvalue weighted by Crippen LogP contribution is -2.26. The summed E-state index contributed by atoms with van der Waals surface area (Å²) >= 11 is 0. The highest BCUT2D eigenvalue weighted by atomic mass is 32.2. The maximum absolute atomic E-state index is 12.7. The zero-order valence-electron chi connectivity index (χ0n) is 12.7. The maximum atomic E-state index is 12.7. The van der Waals surface area contributed by atoms with Gasteiger partial charge in [-0.15, -0.1) is 0 Å². The van der Waals surface area contributed by atoms with Gasteiger partial charge in [0.2, 0.25) is 0 Å². The molecule has 22 heavy (non-hydrogen) atoms. The van der Waals surface area contributed by atoms with Crippen LogP contribution < -0.4 is 0 Å². The van der Waals surface area contributed by atoms with E-state index in [1.807, 2.05) is 56.3 Å². The van der Waals surface area contributed by atoms with E-state index in [2.05, 4.69) is 0 Å². The van der Waals surface area contributed by atoms with Crippen molar-refractivity contribution in [2.45, 2.75) is 24.7 Å². The van der Waals surface area contributed by atoms with Crippen molar-refractivity contribution in [1.82, 2.24) is 4.31 Å². The average Bonchev–Trinajstić information content (AvgIpc) is 2.91. The Morgan fingerprint density at radius 1 is 0.955 bits per heavy atom. The van der Waals surface area contributed by atoms with E-state index < -0.39 is 10.0 Å². The Hall–Kier alpha value is -2.07. The van der Waals surface area contributed by atoms with Gasteiger partial charge in [-0.1, -0.05) is 48.0 Å². The SMILES string of the molecule is CC1=CN(S(=O)(=O)c2ccc(C)cc2)C[C@@H]1c1ccccc1. The largest absolute Gasteiger partial charge is 0.272 e. The van der Waals surface area contributed by atoms with Crippen molar-refractivity contribution >= 4 is 10.0 Å². The van der Waals surface area contributed by atoms with Crippen LogP contribution in [-0.2, 0) is 10.0 Å². The number of aryl methyl sites for hydroxylation is 1. The summed E-state index contributed by atoms with van der Waals surface area (Å²) in [5.74, 6) is 0.126. The molecule has 1 aliphatic heterocycles. The van der Waals surface area contributed by atoms with Crippen LogP contribution in [0.25, 0.3) is 0 Å². The van der Waals surface area contributed by atoms with Gasteiger partial charge in [0.15, 0.2) is 0 Å². The Morgan fingerprint density at radius 2 is 1.59 bits per heavy atom. The first-order valence-corrected chi connectivity index (χ1v) is 8.74. The van der Waals surface area contributed by atoms with Crippen molar-refractivity contribution in [1.29, 1.82) is 0 Å². The number of hydrogen-bond acceptors (Lipinski definition) is 2. The van der Waals surface area contributed by atoms with Crippen LogP contribution in [0.3, 0.4) is 0 Å². The second-order valence-electron chi connectivity index (χ2n) is 5.72. The van der Waals surface area contributed by atoms with E-state index in [1.165, 1.54) is 4.31 Å². The number of nitrogens with zero attached hydrogens (tertiary/aromatic N) is 1. The third-order valence-electron chi connectivity index (χ3n) is 4.09. The number of benzene rings is 2. The number of rotatable bonds is 3. The Kier molecular flexibility index (Phi) is 3.79. The summed E-state index contributed by atoms with van der Waals surface area (Å²) in [6.45, 7) is 4.40. The molecule has 0 radical (unpaired) electrons. The third-order valence-corrected chi connectivity index (χ3v) is 5.83. The van der Waals surface area contributed by atoms with Crippen molar-refractivity contribution in [2.24, 2.45) is 0 Å². The molecule has 0 bridgehead atoms. The summed E-state index contributed by atoms with van der Waals surface area (Å²) in [6.07, 6.45) is 1.76. The molecule has 2 aromatic rings. The van der Waals surface area contributed by atoms with E-state index in [0.717, 1.165) is 16.7 Å². The van der Waals surface area contributed by atoms with Gasteiger partial charge in [0.05, 0.1) is 4.90 Å². The lowest BCUT2D eigenvalue weighted by Gasteiger charge is -2.19. The normalized spacial score (nSPS) is 18.4. The molecule has 4 heteroatoms. The molecule has 1 heterocycles. The average molecular weight is 313 g/mol. The molecule has 0 unspecified atom stereocenters. The van der Waals surface area contributed by atoms with E-state index >= 15 is 0 Å². The minimum atomic E-state index is -3.47. The minimum absolute atomic E-state index is 0.126. The van der Waals surface area contributed by atoms with Crippen molar-refractivity contribution in [3.8, 4) is 0 Å². The first-order valence-electron chi connectivity index (χ1n) is 7.30. The van der Waals surface area contributed by atoms with Gasteiger partial charge in [-0.2, -0.15) is 0 Å². The number of hydrogen-bond donors (Lipinski definition) is 0. The van der Waals surface area contributed by atoms with Gasteiger partial charge in [0.1, 0.15) is 0 Å². The summed E-state index contributed by atoms with van der Waals surface area (Å²) in [5.41, 5.74) is 3.27. The fourth-order valence-corrected chi connectivity index (χ4v) is 4.16. The van der Waals surface area contributed by atoms with Crippen LogP contribution in [-0.4, -0.2) is 19.3 Å². The highest BCUT2D eigenvalue weighted by Crippen LogP contribution is 2.34. The van der Waals surface area contributed by atoms with E-state index in [4.69, 9.17) is 0 Å². The van der Waals surface area contributed by atoms with E-state index in [9.17, 15) is 8.42 Å². The molecule has 0 fully saturated rings. The van der Waals surface area contributed by atoms with Gasteiger partial charge in [-0.05, 0) is 37.1 Å². The van der Waals surface area contributed by atoms with E-state index in [1.54, 1.807) is 18.3 Å². The van der Waals surface area contributed by atoms with E-state index in [0.29, 0.717) is 11.4 Å². The molecular formula is C18H19NO2S. The van der Waals surface area contributed by atoms with Crippen LogP contribution in [0.4, 0.5) is 0 Å². The Balaban J connectivity index is 1.90. The van der Waals surface area contributed by atoms with Crippen LogP contribution in [0.5, 0.6) is 0 Å². The van der Waals surface area contributed by atoms with Gasteiger partial charge in [0, 0.05) is 18.7 Å². The van der Waals surface area contributed by atoms with Crippen molar-refractivity contribution in [3.05, 3.63) is 77.5 Å². The lowest BCUT2D eigenvalue weighted by atomic mass is 9.95. The first kappa shape index (κ1) is 14.9. The molecule has 0 aromatic heterocycles. The van der Waals surface area contributed by atoms with Gasteiger partial charge < -0.3 is 0 Å². The van der Waals surface area contributed by atoms with Crippen LogP contribution in [0, 0.1) is 6.92 Å². The molecule has 2 aromatic carbocycles. The minimum Gasteiger partial charge on any atom is -0.272 e. The smallest absolute Gasteiger partial charge is 0.263 e. The zero-order valence-corrected chi connectivity index (χ0v) is 13.5. The van der Waals surface area contributed by atoms with Gasteiger partial charge in [0.25, 0.3) is 10.0 Å². The molecule has 0 amide bonds. The van der Waals surface area contributed by atoms with Gasteiger partial charge >= 0.3 is 0 Å². The Morgan fingerprint density at radius 3 is 2.23 bits per heavy atom. The number of sulfonamides is 1. The predicted octanol–water partition coefficient (Wildman–Crippen LogP) is 3.69. The highest BCUT2D eigenvalue weighted by molar-refractivity contribution is 7.89. The van der Waals surface area contributed by atoms with E-state index in [-0.39, 0.29) is 5.92 Å². The molecule has 0 N–H and O–H groups in total. The molecule has 114 valence electrons. The Labute approximate surface area is 132 Å². The fourth-order valence-electron chi connectivity index (χ4n) is 2.76. The quantitative estimate of drug-likeness (QED) is 0.866.